The lowest BCUT2D eigenvalue weighted by Crippen LogP contribution is -2.04. The van der Waals surface area contributed by atoms with Crippen LogP contribution in [0.3, 0.4) is 0 Å². The van der Waals surface area contributed by atoms with E-state index < -0.39 is 17.5 Å². The topological polar surface area (TPSA) is 55.1 Å². The van der Waals surface area contributed by atoms with E-state index in [0.29, 0.717) is 6.54 Å². The molecule has 0 spiro atoms. The lowest BCUT2D eigenvalue weighted by Gasteiger charge is -2.02. The molecule has 1 aromatic carbocycles. The number of aromatic carboxylic acids is 1. The molecule has 0 saturated heterocycles. The molecule has 0 fully saturated rings. The third-order valence-corrected chi connectivity index (χ3v) is 2.97. The molecule has 0 bridgehead atoms. The average Bonchev–Trinajstić information content (AvgIpc) is 2.59. The molecule has 1 N–H and O–H groups in total. The molecule has 0 radical (unpaired) electrons. The molecule has 17 heavy (non-hydrogen) atoms. The monoisotopic (exact) mass is 298 g/mol. The van der Waals surface area contributed by atoms with Crippen molar-refractivity contribution in [2.75, 3.05) is 0 Å². The standard InChI is InChI=1S/C11H8BrFN2O2/c12-10-8(13)9(11(16)17)14-15(10)6-7-4-2-1-3-5-7/h1-5H,6H2,(H,16,17). The number of aromatic nitrogens is 2. The van der Waals surface area contributed by atoms with Gasteiger partial charge in [-0.05, 0) is 21.5 Å². The first-order chi connectivity index (χ1) is 8.09. The Labute approximate surface area is 105 Å². The van der Waals surface area contributed by atoms with Crippen LogP contribution in [0.4, 0.5) is 4.39 Å². The number of rotatable bonds is 3. The summed E-state index contributed by atoms with van der Waals surface area (Å²) < 4.78 is 14.8. The van der Waals surface area contributed by atoms with Gasteiger partial charge in [0.05, 0.1) is 6.54 Å². The van der Waals surface area contributed by atoms with Crippen LogP contribution in [0.15, 0.2) is 34.9 Å². The predicted octanol–water partition coefficient (Wildman–Crippen LogP) is 2.53. The highest BCUT2D eigenvalue weighted by Crippen LogP contribution is 2.19. The van der Waals surface area contributed by atoms with Gasteiger partial charge in [-0.3, -0.25) is 4.68 Å². The zero-order chi connectivity index (χ0) is 12.4. The Hall–Kier alpha value is -1.69. The summed E-state index contributed by atoms with van der Waals surface area (Å²) in [5.74, 6) is -2.23. The van der Waals surface area contributed by atoms with Crippen molar-refractivity contribution in [2.24, 2.45) is 0 Å². The molecule has 6 heteroatoms. The summed E-state index contributed by atoms with van der Waals surface area (Å²) in [5, 5.41) is 12.4. The average molecular weight is 299 g/mol. The molecular formula is C11H8BrFN2O2. The van der Waals surface area contributed by atoms with Crippen LogP contribution in [0, 0.1) is 5.82 Å². The maximum atomic E-state index is 13.5. The van der Waals surface area contributed by atoms with Gasteiger partial charge in [-0.2, -0.15) is 5.10 Å². The summed E-state index contributed by atoms with van der Waals surface area (Å²) in [5.41, 5.74) is 0.334. The van der Waals surface area contributed by atoms with Gasteiger partial charge < -0.3 is 5.11 Å². The summed E-state index contributed by atoms with van der Waals surface area (Å²) in [7, 11) is 0. The fourth-order valence-electron chi connectivity index (χ4n) is 1.42. The molecule has 0 amide bonds. The Balaban J connectivity index is 2.34. The van der Waals surface area contributed by atoms with Gasteiger partial charge in [-0.25, -0.2) is 9.18 Å². The molecule has 0 saturated carbocycles. The zero-order valence-corrected chi connectivity index (χ0v) is 10.2. The quantitative estimate of drug-likeness (QED) is 0.947. The van der Waals surface area contributed by atoms with Crippen LogP contribution in [-0.2, 0) is 6.54 Å². The third kappa shape index (κ3) is 2.36. The van der Waals surface area contributed by atoms with Gasteiger partial charge in [-0.1, -0.05) is 30.3 Å². The van der Waals surface area contributed by atoms with E-state index in [0.717, 1.165) is 5.56 Å². The number of hydrogen-bond donors (Lipinski definition) is 1. The van der Waals surface area contributed by atoms with E-state index in [1.165, 1.54) is 4.68 Å². The molecule has 0 atom stereocenters. The van der Waals surface area contributed by atoms with E-state index in [1.54, 1.807) is 0 Å². The maximum absolute atomic E-state index is 13.5. The first-order valence-corrected chi connectivity index (χ1v) is 5.58. The van der Waals surface area contributed by atoms with Crippen molar-refractivity contribution in [3.05, 3.63) is 52.0 Å². The molecule has 0 aliphatic rings. The van der Waals surface area contributed by atoms with Crippen molar-refractivity contribution in [2.45, 2.75) is 6.54 Å². The highest BCUT2D eigenvalue weighted by atomic mass is 79.9. The van der Waals surface area contributed by atoms with Crippen LogP contribution in [-0.4, -0.2) is 20.9 Å². The number of carboxylic acids is 1. The van der Waals surface area contributed by atoms with Gasteiger partial charge in [-0.15, -0.1) is 0 Å². The Bertz CT molecular complexity index is 554. The summed E-state index contributed by atoms with van der Waals surface area (Å²) in [6.45, 7) is 0.311. The Kier molecular flexibility index (Phi) is 3.23. The molecule has 0 aliphatic carbocycles. The fourth-order valence-corrected chi connectivity index (χ4v) is 1.81. The highest BCUT2D eigenvalue weighted by molar-refractivity contribution is 9.10. The minimum Gasteiger partial charge on any atom is -0.476 e. The molecule has 88 valence electrons. The lowest BCUT2D eigenvalue weighted by molar-refractivity contribution is 0.0684. The molecule has 1 heterocycles. The van der Waals surface area contributed by atoms with Crippen molar-refractivity contribution in [3.63, 3.8) is 0 Å². The van der Waals surface area contributed by atoms with Crippen LogP contribution in [0.25, 0.3) is 0 Å². The van der Waals surface area contributed by atoms with Crippen LogP contribution in [0.5, 0.6) is 0 Å². The molecular weight excluding hydrogens is 291 g/mol. The van der Waals surface area contributed by atoms with Crippen LogP contribution in [0.1, 0.15) is 16.1 Å². The smallest absolute Gasteiger partial charge is 0.359 e. The number of halogens is 2. The molecule has 0 aliphatic heterocycles. The van der Waals surface area contributed by atoms with E-state index >= 15 is 0 Å². The summed E-state index contributed by atoms with van der Waals surface area (Å²) >= 11 is 2.99. The van der Waals surface area contributed by atoms with Gasteiger partial charge in [0.1, 0.15) is 4.60 Å². The van der Waals surface area contributed by atoms with Gasteiger partial charge in [0.15, 0.2) is 5.82 Å². The van der Waals surface area contributed by atoms with E-state index in [9.17, 15) is 9.18 Å². The summed E-state index contributed by atoms with van der Waals surface area (Å²) in [6, 6.07) is 9.27. The third-order valence-electron chi connectivity index (χ3n) is 2.21. The first-order valence-electron chi connectivity index (χ1n) is 4.78. The molecule has 4 nitrogen and oxygen atoms in total. The second-order valence-electron chi connectivity index (χ2n) is 3.40. The largest absolute Gasteiger partial charge is 0.476 e. The Morgan fingerprint density at radius 3 is 2.59 bits per heavy atom. The summed E-state index contributed by atoms with van der Waals surface area (Å²) in [4.78, 5) is 10.7. The van der Waals surface area contributed by atoms with E-state index in [4.69, 9.17) is 5.11 Å². The van der Waals surface area contributed by atoms with Crippen molar-refractivity contribution >= 4 is 21.9 Å². The van der Waals surface area contributed by atoms with Gasteiger partial charge >= 0.3 is 5.97 Å². The zero-order valence-electron chi connectivity index (χ0n) is 8.60. The lowest BCUT2D eigenvalue weighted by atomic mass is 10.2. The van der Waals surface area contributed by atoms with Crippen molar-refractivity contribution in [1.29, 1.82) is 0 Å². The Morgan fingerprint density at radius 2 is 2.06 bits per heavy atom. The van der Waals surface area contributed by atoms with E-state index in [-0.39, 0.29) is 4.60 Å². The van der Waals surface area contributed by atoms with Gasteiger partial charge in [0.2, 0.25) is 5.69 Å². The first kappa shape index (κ1) is 11.8. The normalized spacial score (nSPS) is 10.5. The molecule has 0 unspecified atom stereocenters. The second-order valence-corrected chi connectivity index (χ2v) is 4.15. The molecule has 2 aromatic rings. The van der Waals surface area contributed by atoms with Crippen LogP contribution < -0.4 is 0 Å². The number of carboxylic acid groups (broad SMARTS) is 1. The number of carbonyl (C=O) groups is 1. The minimum absolute atomic E-state index is 0.0405. The van der Waals surface area contributed by atoms with E-state index in [1.807, 2.05) is 30.3 Å². The number of nitrogens with zero attached hydrogens (tertiary/aromatic N) is 2. The summed E-state index contributed by atoms with van der Waals surface area (Å²) in [6.07, 6.45) is 0. The highest BCUT2D eigenvalue weighted by Gasteiger charge is 2.21. The maximum Gasteiger partial charge on any atom is 0.359 e. The Morgan fingerprint density at radius 1 is 1.41 bits per heavy atom. The van der Waals surface area contributed by atoms with Crippen LogP contribution in [0.2, 0.25) is 0 Å². The molecule has 2 rings (SSSR count). The number of benzene rings is 1. The number of hydrogen-bond acceptors (Lipinski definition) is 2. The second kappa shape index (κ2) is 4.67. The van der Waals surface area contributed by atoms with E-state index in [2.05, 4.69) is 21.0 Å². The minimum atomic E-state index is -1.38. The fraction of sp³-hybridized carbons (Fsp3) is 0.0909. The van der Waals surface area contributed by atoms with Gasteiger partial charge in [0, 0.05) is 0 Å². The SMILES string of the molecule is O=C(O)c1nn(Cc2ccccc2)c(Br)c1F. The van der Waals surface area contributed by atoms with Crippen molar-refractivity contribution in [3.8, 4) is 0 Å². The molecule has 1 aromatic heterocycles. The van der Waals surface area contributed by atoms with Crippen LogP contribution >= 0.6 is 15.9 Å². The predicted molar refractivity (Wildman–Crippen MR) is 62.4 cm³/mol. The van der Waals surface area contributed by atoms with Crippen molar-refractivity contribution < 1.29 is 14.3 Å². The van der Waals surface area contributed by atoms with Gasteiger partial charge in [0.25, 0.3) is 0 Å². The van der Waals surface area contributed by atoms with Crippen molar-refractivity contribution in [1.82, 2.24) is 9.78 Å².